The number of carboxylic acid groups (broad SMARTS) is 1. The zero-order valence-electron chi connectivity index (χ0n) is 11.7. The molecule has 0 saturated carbocycles. The number of rotatable bonds is 6. The minimum atomic E-state index is -1.26. The Kier molecular flexibility index (Phi) is 6.44. The maximum atomic E-state index is 11.7. The summed E-state index contributed by atoms with van der Waals surface area (Å²) in [6.07, 6.45) is 1.02. The van der Waals surface area contributed by atoms with E-state index < -0.39 is 30.1 Å². The van der Waals surface area contributed by atoms with Crippen molar-refractivity contribution in [2.45, 2.75) is 37.8 Å². The summed E-state index contributed by atoms with van der Waals surface area (Å²) in [4.78, 5) is 45.2. The smallest absolute Gasteiger partial charge is 0.326 e. The van der Waals surface area contributed by atoms with E-state index in [9.17, 15) is 19.2 Å². The van der Waals surface area contributed by atoms with Crippen molar-refractivity contribution in [3.8, 4) is 0 Å². The molecule has 3 amide bonds. The Bertz CT molecular complexity index is 425. The Balaban J connectivity index is 2.46. The highest BCUT2D eigenvalue weighted by Crippen LogP contribution is 2.03. The molecule has 0 bridgehead atoms. The number of carboxylic acids is 1. The number of hydrogen-bond acceptors (Lipinski definition) is 5. The SMILES string of the molecule is COC(=O)CC[C@H](NC(=O)NC1CCCNC1=O)C(=O)O. The molecule has 1 unspecified atom stereocenters. The van der Waals surface area contributed by atoms with Crippen LogP contribution in [-0.4, -0.2) is 54.7 Å². The van der Waals surface area contributed by atoms with E-state index in [0.29, 0.717) is 13.0 Å². The first-order valence-corrected chi connectivity index (χ1v) is 6.58. The molecule has 1 aliphatic rings. The van der Waals surface area contributed by atoms with Gasteiger partial charge in [-0.2, -0.15) is 0 Å². The van der Waals surface area contributed by atoms with Gasteiger partial charge in [-0.1, -0.05) is 0 Å². The van der Waals surface area contributed by atoms with Gasteiger partial charge in [-0.05, 0) is 19.3 Å². The first-order chi connectivity index (χ1) is 9.93. The molecule has 1 saturated heterocycles. The molecule has 1 heterocycles. The Morgan fingerprint density at radius 3 is 2.76 bits per heavy atom. The fourth-order valence-electron chi connectivity index (χ4n) is 1.89. The number of urea groups is 1. The van der Waals surface area contributed by atoms with E-state index in [2.05, 4.69) is 20.7 Å². The van der Waals surface area contributed by atoms with E-state index >= 15 is 0 Å². The second kappa shape index (κ2) is 8.08. The molecule has 1 fully saturated rings. The van der Waals surface area contributed by atoms with Crippen LogP contribution in [0.15, 0.2) is 0 Å². The standard InChI is InChI=1S/C12H19N3O6/c1-21-9(16)5-4-8(11(18)19)15-12(20)14-7-3-2-6-13-10(7)17/h7-8H,2-6H2,1H3,(H,13,17)(H,18,19)(H2,14,15,20)/t7?,8-/m0/s1. The number of carbonyl (C=O) groups is 4. The highest BCUT2D eigenvalue weighted by molar-refractivity contribution is 5.89. The van der Waals surface area contributed by atoms with Gasteiger partial charge in [0.25, 0.3) is 0 Å². The molecule has 0 aromatic heterocycles. The maximum absolute atomic E-state index is 11.7. The normalized spacial score (nSPS) is 19.1. The number of carbonyl (C=O) groups excluding carboxylic acids is 3. The number of amides is 3. The van der Waals surface area contributed by atoms with Gasteiger partial charge in [0.2, 0.25) is 5.91 Å². The Labute approximate surface area is 121 Å². The average Bonchev–Trinajstić information content (AvgIpc) is 2.45. The van der Waals surface area contributed by atoms with Crippen LogP contribution in [0.1, 0.15) is 25.7 Å². The van der Waals surface area contributed by atoms with Crippen molar-refractivity contribution >= 4 is 23.9 Å². The summed E-state index contributed by atoms with van der Waals surface area (Å²) in [5.74, 6) is -2.12. The quantitative estimate of drug-likeness (QED) is 0.463. The number of methoxy groups -OCH3 is 1. The van der Waals surface area contributed by atoms with Gasteiger partial charge in [0.05, 0.1) is 7.11 Å². The van der Waals surface area contributed by atoms with E-state index in [4.69, 9.17) is 5.11 Å². The Hall–Kier alpha value is -2.32. The molecule has 0 aliphatic carbocycles. The largest absolute Gasteiger partial charge is 0.480 e. The zero-order chi connectivity index (χ0) is 15.8. The molecule has 1 aliphatic heterocycles. The van der Waals surface area contributed by atoms with Crippen LogP contribution in [0.3, 0.4) is 0 Å². The van der Waals surface area contributed by atoms with Gasteiger partial charge in [0.1, 0.15) is 12.1 Å². The molecule has 0 spiro atoms. The van der Waals surface area contributed by atoms with Gasteiger partial charge in [-0.15, -0.1) is 0 Å². The summed E-state index contributed by atoms with van der Waals surface area (Å²) in [6, 6.07) is -2.65. The van der Waals surface area contributed by atoms with Crippen LogP contribution >= 0.6 is 0 Å². The predicted octanol–water partition coefficient (Wildman–Crippen LogP) is -1.03. The lowest BCUT2D eigenvalue weighted by molar-refractivity contribution is -0.142. The van der Waals surface area contributed by atoms with Gasteiger partial charge >= 0.3 is 18.0 Å². The van der Waals surface area contributed by atoms with Crippen molar-refractivity contribution in [2.75, 3.05) is 13.7 Å². The number of nitrogens with one attached hydrogen (secondary N) is 3. The van der Waals surface area contributed by atoms with Crippen molar-refractivity contribution in [1.29, 1.82) is 0 Å². The molecule has 2 atom stereocenters. The lowest BCUT2D eigenvalue weighted by Gasteiger charge is -2.23. The molecule has 1 rings (SSSR count). The van der Waals surface area contributed by atoms with E-state index in [1.54, 1.807) is 0 Å². The van der Waals surface area contributed by atoms with Crippen LogP contribution in [0.5, 0.6) is 0 Å². The summed E-state index contributed by atoms with van der Waals surface area (Å²) < 4.78 is 4.41. The summed E-state index contributed by atoms with van der Waals surface area (Å²) >= 11 is 0. The zero-order valence-corrected chi connectivity index (χ0v) is 11.7. The third-order valence-corrected chi connectivity index (χ3v) is 3.06. The molecule has 0 radical (unpaired) electrons. The fraction of sp³-hybridized carbons (Fsp3) is 0.667. The van der Waals surface area contributed by atoms with Crippen molar-refractivity contribution < 1.29 is 29.0 Å². The monoisotopic (exact) mass is 301 g/mol. The van der Waals surface area contributed by atoms with Crippen molar-refractivity contribution in [3.05, 3.63) is 0 Å². The summed E-state index contributed by atoms with van der Waals surface area (Å²) in [5.41, 5.74) is 0. The lowest BCUT2D eigenvalue weighted by atomic mass is 10.1. The van der Waals surface area contributed by atoms with E-state index in [0.717, 1.165) is 6.42 Å². The van der Waals surface area contributed by atoms with Crippen LogP contribution in [0, 0.1) is 0 Å². The van der Waals surface area contributed by atoms with Gasteiger partial charge < -0.3 is 25.8 Å². The van der Waals surface area contributed by atoms with Crippen LogP contribution < -0.4 is 16.0 Å². The number of aliphatic carboxylic acids is 1. The molecular weight excluding hydrogens is 282 g/mol. The summed E-state index contributed by atoms with van der Waals surface area (Å²) in [5, 5.41) is 16.2. The van der Waals surface area contributed by atoms with Crippen molar-refractivity contribution in [1.82, 2.24) is 16.0 Å². The first kappa shape index (κ1) is 16.7. The topological polar surface area (TPSA) is 134 Å². The fourth-order valence-corrected chi connectivity index (χ4v) is 1.89. The van der Waals surface area contributed by atoms with E-state index in [-0.39, 0.29) is 18.7 Å². The summed E-state index contributed by atoms with van der Waals surface area (Å²) in [6.45, 7) is 0.565. The first-order valence-electron chi connectivity index (χ1n) is 6.58. The third-order valence-electron chi connectivity index (χ3n) is 3.06. The number of piperidine rings is 1. The molecular formula is C12H19N3O6. The van der Waals surface area contributed by atoms with Gasteiger partial charge in [-0.3, -0.25) is 9.59 Å². The second-order valence-electron chi connectivity index (χ2n) is 4.61. The number of hydrogen-bond donors (Lipinski definition) is 4. The van der Waals surface area contributed by atoms with Gasteiger partial charge in [-0.25, -0.2) is 9.59 Å². The Morgan fingerprint density at radius 2 is 2.19 bits per heavy atom. The highest BCUT2D eigenvalue weighted by atomic mass is 16.5. The molecule has 9 nitrogen and oxygen atoms in total. The van der Waals surface area contributed by atoms with Crippen LogP contribution in [0.25, 0.3) is 0 Å². The van der Waals surface area contributed by atoms with E-state index in [1.807, 2.05) is 0 Å². The van der Waals surface area contributed by atoms with Gasteiger partial charge in [0, 0.05) is 13.0 Å². The molecule has 118 valence electrons. The summed E-state index contributed by atoms with van der Waals surface area (Å²) in [7, 11) is 1.19. The van der Waals surface area contributed by atoms with E-state index in [1.165, 1.54) is 7.11 Å². The minimum Gasteiger partial charge on any atom is -0.480 e. The molecule has 9 heteroatoms. The van der Waals surface area contributed by atoms with Crippen LogP contribution in [-0.2, 0) is 19.1 Å². The van der Waals surface area contributed by atoms with Crippen LogP contribution in [0.4, 0.5) is 4.79 Å². The van der Waals surface area contributed by atoms with Crippen molar-refractivity contribution in [2.24, 2.45) is 0 Å². The number of esters is 1. The highest BCUT2D eigenvalue weighted by Gasteiger charge is 2.26. The second-order valence-corrected chi connectivity index (χ2v) is 4.61. The lowest BCUT2D eigenvalue weighted by Crippen LogP contribution is -2.55. The van der Waals surface area contributed by atoms with Gasteiger partial charge in [0.15, 0.2) is 0 Å². The minimum absolute atomic E-state index is 0.0910. The molecule has 21 heavy (non-hydrogen) atoms. The average molecular weight is 301 g/mol. The predicted molar refractivity (Wildman–Crippen MR) is 70.4 cm³/mol. The molecule has 4 N–H and O–H groups in total. The molecule has 0 aromatic carbocycles. The Morgan fingerprint density at radius 1 is 1.48 bits per heavy atom. The van der Waals surface area contributed by atoms with Crippen LogP contribution in [0.2, 0.25) is 0 Å². The maximum Gasteiger partial charge on any atom is 0.326 e. The number of ether oxygens (including phenoxy) is 1. The third kappa shape index (κ3) is 5.67. The molecule has 0 aromatic rings. The van der Waals surface area contributed by atoms with Crippen molar-refractivity contribution in [3.63, 3.8) is 0 Å².